The number of hydrogen-bond acceptors (Lipinski definition) is 3. The quantitative estimate of drug-likeness (QED) is 0.819. The fraction of sp³-hybridized carbons (Fsp3) is 0.526. The normalized spacial score (nSPS) is 15.4. The zero-order valence-corrected chi connectivity index (χ0v) is 14.4. The molecule has 1 aliphatic heterocycles. The number of fused-ring (bicyclic) bond motifs is 1. The third kappa shape index (κ3) is 3.32. The number of benzene rings is 1. The van der Waals surface area contributed by atoms with Crippen LogP contribution >= 0.6 is 0 Å². The minimum Gasteiger partial charge on any atom is -0.478 e. The van der Waals surface area contributed by atoms with Crippen LogP contribution in [0.25, 0.3) is 10.9 Å². The van der Waals surface area contributed by atoms with Crippen molar-refractivity contribution in [2.45, 2.75) is 39.2 Å². The van der Waals surface area contributed by atoms with Gasteiger partial charge in [-0.1, -0.05) is 0 Å². The number of likely N-dealkylation sites (tertiary alicyclic amines) is 1. The van der Waals surface area contributed by atoms with E-state index in [0.717, 1.165) is 36.8 Å². The molecule has 24 heavy (non-hydrogen) atoms. The van der Waals surface area contributed by atoms with Crippen molar-refractivity contribution in [3.63, 3.8) is 0 Å². The summed E-state index contributed by atoms with van der Waals surface area (Å²) in [4.78, 5) is 13.9. The topological polar surface area (TPSA) is 71.5 Å². The first kappa shape index (κ1) is 17.0. The summed E-state index contributed by atoms with van der Waals surface area (Å²) in [6.45, 7) is 7.12. The van der Waals surface area contributed by atoms with Crippen molar-refractivity contribution >= 4 is 16.9 Å². The van der Waals surface area contributed by atoms with E-state index in [1.165, 1.54) is 37.2 Å². The van der Waals surface area contributed by atoms with E-state index in [1.807, 2.05) is 12.1 Å². The molecule has 3 N–H and O–H groups in total. The van der Waals surface area contributed by atoms with Gasteiger partial charge in [0.15, 0.2) is 0 Å². The van der Waals surface area contributed by atoms with Gasteiger partial charge in [0.25, 0.3) is 0 Å². The van der Waals surface area contributed by atoms with Crippen LogP contribution in [0.5, 0.6) is 0 Å². The first-order valence-electron chi connectivity index (χ1n) is 8.89. The molecule has 1 fully saturated rings. The molecule has 2 heterocycles. The molecule has 2 aromatic rings. The Morgan fingerprint density at radius 2 is 2.00 bits per heavy atom. The fourth-order valence-corrected chi connectivity index (χ4v) is 3.81. The monoisotopic (exact) mass is 329 g/mol. The molecule has 1 aromatic heterocycles. The number of carbonyl (C=O) groups is 1. The van der Waals surface area contributed by atoms with Crippen LogP contribution in [0.4, 0.5) is 0 Å². The lowest BCUT2D eigenvalue weighted by Crippen LogP contribution is -2.22. The Labute approximate surface area is 143 Å². The molecule has 0 amide bonds. The Hall–Kier alpha value is -1.85. The minimum atomic E-state index is -0.866. The van der Waals surface area contributed by atoms with Gasteiger partial charge in [-0.15, -0.1) is 0 Å². The van der Waals surface area contributed by atoms with E-state index >= 15 is 0 Å². The van der Waals surface area contributed by atoms with E-state index in [1.54, 1.807) is 6.07 Å². The third-order valence-corrected chi connectivity index (χ3v) is 5.16. The molecule has 0 aliphatic carbocycles. The second kappa shape index (κ2) is 7.36. The maximum absolute atomic E-state index is 11.4. The number of nitrogens with zero attached hydrogens (tertiary/aromatic N) is 2. The van der Waals surface area contributed by atoms with Crippen molar-refractivity contribution in [2.75, 3.05) is 26.2 Å². The van der Waals surface area contributed by atoms with Crippen LogP contribution in [-0.4, -0.2) is 46.7 Å². The number of rotatable bonds is 7. The maximum Gasteiger partial charge on any atom is 0.335 e. The van der Waals surface area contributed by atoms with Crippen molar-refractivity contribution in [1.82, 2.24) is 9.47 Å². The largest absolute Gasteiger partial charge is 0.478 e. The van der Waals surface area contributed by atoms with Crippen LogP contribution in [0.15, 0.2) is 18.2 Å². The second-order valence-corrected chi connectivity index (χ2v) is 6.69. The van der Waals surface area contributed by atoms with Crippen LogP contribution in [-0.2, 0) is 13.0 Å². The summed E-state index contributed by atoms with van der Waals surface area (Å²) in [5.74, 6) is -0.866. The first-order valence-corrected chi connectivity index (χ1v) is 8.89. The zero-order chi connectivity index (χ0) is 17.1. The standard InChI is InChI=1S/C19H27N3O2/c1-14-16(7-12-21-9-2-3-10-21)17-13-15(19(23)24)5-6-18(17)22(14)11-4-8-20/h5-6,13H,2-4,7-12,20H2,1H3,(H,23,24). The van der Waals surface area contributed by atoms with Gasteiger partial charge in [0, 0.05) is 29.7 Å². The van der Waals surface area contributed by atoms with Gasteiger partial charge in [0.1, 0.15) is 0 Å². The molecule has 5 heteroatoms. The Balaban J connectivity index is 1.97. The molecule has 0 unspecified atom stereocenters. The van der Waals surface area contributed by atoms with Gasteiger partial charge in [0.05, 0.1) is 5.56 Å². The summed E-state index contributed by atoms with van der Waals surface area (Å²) in [6, 6.07) is 5.48. The maximum atomic E-state index is 11.4. The van der Waals surface area contributed by atoms with Crippen molar-refractivity contribution < 1.29 is 9.90 Å². The number of nitrogens with two attached hydrogens (primary N) is 1. The van der Waals surface area contributed by atoms with E-state index in [0.29, 0.717) is 12.1 Å². The summed E-state index contributed by atoms with van der Waals surface area (Å²) in [5.41, 5.74) is 9.71. The number of carboxylic acids is 1. The van der Waals surface area contributed by atoms with E-state index in [4.69, 9.17) is 5.73 Å². The number of carboxylic acid groups (broad SMARTS) is 1. The van der Waals surface area contributed by atoms with Crippen LogP contribution in [0.3, 0.4) is 0 Å². The van der Waals surface area contributed by atoms with E-state index in [2.05, 4.69) is 16.4 Å². The van der Waals surface area contributed by atoms with Crippen LogP contribution in [0.1, 0.15) is 40.9 Å². The number of aromatic carboxylic acids is 1. The van der Waals surface area contributed by atoms with Gasteiger partial charge >= 0.3 is 5.97 Å². The van der Waals surface area contributed by atoms with Gasteiger partial charge in [-0.3, -0.25) is 0 Å². The molecular formula is C19H27N3O2. The highest BCUT2D eigenvalue weighted by atomic mass is 16.4. The molecule has 0 saturated carbocycles. The lowest BCUT2D eigenvalue weighted by molar-refractivity contribution is 0.0697. The summed E-state index contributed by atoms with van der Waals surface area (Å²) in [5, 5.41) is 10.4. The predicted molar refractivity (Wildman–Crippen MR) is 96.7 cm³/mol. The number of hydrogen-bond donors (Lipinski definition) is 2. The Morgan fingerprint density at radius 3 is 2.67 bits per heavy atom. The molecule has 1 saturated heterocycles. The predicted octanol–water partition coefficient (Wildman–Crippen LogP) is 2.64. The molecule has 1 aromatic carbocycles. The van der Waals surface area contributed by atoms with Gasteiger partial charge < -0.3 is 20.3 Å². The molecule has 5 nitrogen and oxygen atoms in total. The Morgan fingerprint density at radius 1 is 1.25 bits per heavy atom. The van der Waals surface area contributed by atoms with Crippen molar-refractivity contribution in [2.24, 2.45) is 5.73 Å². The average Bonchev–Trinajstić information content (AvgIpc) is 3.17. The summed E-state index contributed by atoms with van der Waals surface area (Å²) in [7, 11) is 0. The van der Waals surface area contributed by atoms with E-state index in [9.17, 15) is 9.90 Å². The van der Waals surface area contributed by atoms with Gasteiger partial charge in [-0.05, 0) is 76.0 Å². The van der Waals surface area contributed by atoms with Gasteiger partial charge in [-0.25, -0.2) is 4.79 Å². The smallest absolute Gasteiger partial charge is 0.335 e. The molecule has 0 spiro atoms. The third-order valence-electron chi connectivity index (χ3n) is 5.16. The van der Waals surface area contributed by atoms with Crippen LogP contribution in [0, 0.1) is 6.92 Å². The minimum absolute atomic E-state index is 0.362. The van der Waals surface area contributed by atoms with Crippen LogP contribution in [0.2, 0.25) is 0 Å². The number of aromatic nitrogens is 1. The summed E-state index contributed by atoms with van der Waals surface area (Å²) in [6.07, 6.45) is 4.48. The lowest BCUT2D eigenvalue weighted by Gasteiger charge is -2.14. The van der Waals surface area contributed by atoms with Gasteiger partial charge in [0.2, 0.25) is 0 Å². The van der Waals surface area contributed by atoms with Gasteiger partial charge in [-0.2, -0.15) is 0 Å². The van der Waals surface area contributed by atoms with E-state index < -0.39 is 5.97 Å². The summed E-state index contributed by atoms with van der Waals surface area (Å²) >= 11 is 0. The highest BCUT2D eigenvalue weighted by Crippen LogP contribution is 2.28. The van der Waals surface area contributed by atoms with Crippen LogP contribution < -0.4 is 5.73 Å². The molecule has 0 bridgehead atoms. The molecule has 0 radical (unpaired) electrons. The average molecular weight is 329 g/mol. The lowest BCUT2D eigenvalue weighted by atomic mass is 10.1. The highest BCUT2D eigenvalue weighted by Gasteiger charge is 2.18. The molecule has 3 rings (SSSR count). The summed E-state index contributed by atoms with van der Waals surface area (Å²) < 4.78 is 2.30. The Kier molecular flexibility index (Phi) is 5.21. The molecular weight excluding hydrogens is 302 g/mol. The number of aryl methyl sites for hydroxylation is 1. The fourth-order valence-electron chi connectivity index (χ4n) is 3.81. The molecule has 1 aliphatic rings. The first-order chi connectivity index (χ1) is 11.6. The second-order valence-electron chi connectivity index (χ2n) is 6.69. The SMILES string of the molecule is Cc1c(CCN2CCCC2)c2cc(C(=O)O)ccc2n1CCCN. The highest BCUT2D eigenvalue weighted by molar-refractivity contribution is 5.95. The van der Waals surface area contributed by atoms with Crippen molar-refractivity contribution in [3.8, 4) is 0 Å². The van der Waals surface area contributed by atoms with Crippen molar-refractivity contribution in [1.29, 1.82) is 0 Å². The Bertz CT molecular complexity index is 730. The zero-order valence-electron chi connectivity index (χ0n) is 14.4. The van der Waals surface area contributed by atoms with Crippen molar-refractivity contribution in [3.05, 3.63) is 35.0 Å². The van der Waals surface area contributed by atoms with E-state index in [-0.39, 0.29) is 0 Å². The molecule has 130 valence electrons. The molecule has 0 atom stereocenters.